The van der Waals surface area contributed by atoms with Gasteiger partial charge >= 0.3 is 5.69 Å². The van der Waals surface area contributed by atoms with Crippen LogP contribution in [0.25, 0.3) is 0 Å². The highest BCUT2D eigenvalue weighted by Gasteiger charge is 2.55. The fourth-order valence-electron chi connectivity index (χ4n) is 9.74. The maximum Gasteiger partial charge on any atom is 0.330 e. The van der Waals surface area contributed by atoms with Crippen LogP contribution in [0.5, 0.6) is 11.5 Å². The van der Waals surface area contributed by atoms with Gasteiger partial charge < -0.3 is 32.7 Å². The molecule has 0 bridgehead atoms. The summed E-state index contributed by atoms with van der Waals surface area (Å²) >= 11 is 0. The number of benzene rings is 5. The first-order valence-electron chi connectivity index (χ1n) is 21.8. The van der Waals surface area contributed by atoms with Crippen molar-refractivity contribution in [2.45, 2.75) is 67.7 Å². The van der Waals surface area contributed by atoms with Crippen molar-refractivity contribution in [2.24, 2.45) is 0 Å². The van der Waals surface area contributed by atoms with Gasteiger partial charge in [-0.3, -0.25) is 14.3 Å². The largest absolute Gasteiger partial charge is 0.497 e. The van der Waals surface area contributed by atoms with Crippen LogP contribution in [0.1, 0.15) is 35.8 Å². The number of ether oxygens (including phenoxy) is 5. The predicted octanol–water partition coefficient (Wildman–Crippen LogP) is 6.84. The monoisotopic (exact) mass is 899 g/mol. The van der Waals surface area contributed by atoms with Crippen LogP contribution in [0.15, 0.2) is 161 Å². The van der Waals surface area contributed by atoms with E-state index in [1.165, 1.54) is 27.2 Å². The summed E-state index contributed by atoms with van der Waals surface area (Å²) < 4.78 is 49.8. The van der Waals surface area contributed by atoms with E-state index in [1.54, 1.807) is 21.3 Å². The molecule has 64 heavy (non-hydrogen) atoms. The molecule has 3 fully saturated rings. The number of hydrogen-bond donors (Lipinski definition) is 1. The molecule has 3 aliphatic heterocycles. The second-order valence-corrected chi connectivity index (χ2v) is 22.3. The molecule has 1 N–H and O–H groups in total. The molecule has 0 radical (unpaired) electrons. The maximum absolute atomic E-state index is 13.4. The molecule has 3 saturated heterocycles. The SMILES string of the molecule is COc1ccc(C(OC[C@H]2O[C@@H](n3ccc(=O)[nH]c3=O)C(OC)[C@H]2O[P@@]2O[C@H](C[Si](C)(c3ccccc3)c3ccccc3)[C@@H]3CCCN32)(c2ccccc2)c2ccc(OC)cc2)cc1. The summed E-state index contributed by atoms with van der Waals surface area (Å²) in [6.07, 6.45) is 0.115. The maximum atomic E-state index is 13.4. The second kappa shape index (κ2) is 19.1. The van der Waals surface area contributed by atoms with Crippen LogP contribution < -0.4 is 31.1 Å². The molecule has 4 heterocycles. The zero-order chi connectivity index (χ0) is 44.3. The van der Waals surface area contributed by atoms with Gasteiger partial charge in [-0.15, -0.1) is 0 Å². The number of aromatic nitrogens is 2. The number of methoxy groups -OCH3 is 3. The molecule has 1 unspecified atom stereocenters. The van der Waals surface area contributed by atoms with Crippen LogP contribution in [-0.2, 0) is 28.9 Å². The zero-order valence-corrected chi connectivity index (χ0v) is 38.3. The number of nitrogens with one attached hydrogen (secondary N) is 1. The summed E-state index contributed by atoms with van der Waals surface area (Å²) in [6.45, 7) is 3.29. The van der Waals surface area contributed by atoms with Gasteiger partial charge in [-0.25, -0.2) is 9.46 Å². The van der Waals surface area contributed by atoms with E-state index >= 15 is 0 Å². The van der Waals surface area contributed by atoms with Gasteiger partial charge in [-0.2, -0.15) is 0 Å². The van der Waals surface area contributed by atoms with Crippen molar-refractivity contribution in [3.63, 3.8) is 0 Å². The van der Waals surface area contributed by atoms with Crippen molar-refractivity contribution in [2.75, 3.05) is 34.5 Å². The summed E-state index contributed by atoms with van der Waals surface area (Å²) in [6, 6.07) is 49.8. The fraction of sp³-hybridized carbons (Fsp3) is 0.320. The Labute approximate surface area is 375 Å². The van der Waals surface area contributed by atoms with Crippen LogP contribution in [0, 0.1) is 0 Å². The van der Waals surface area contributed by atoms with Crippen LogP contribution >= 0.6 is 8.53 Å². The number of fused-ring (bicyclic) bond motifs is 1. The normalized spacial score (nSPS) is 23.5. The van der Waals surface area contributed by atoms with Crippen LogP contribution in [0.3, 0.4) is 0 Å². The van der Waals surface area contributed by atoms with Crippen molar-refractivity contribution in [3.8, 4) is 11.5 Å². The Bertz CT molecular complexity index is 2500. The molecule has 6 aromatic rings. The molecule has 3 aliphatic rings. The fourth-order valence-corrected chi connectivity index (χ4v) is 15.7. The molecule has 5 aromatic carbocycles. The number of hydrogen-bond acceptors (Lipinski definition) is 10. The zero-order valence-electron chi connectivity index (χ0n) is 36.4. The highest BCUT2D eigenvalue weighted by Crippen LogP contribution is 2.59. The van der Waals surface area contributed by atoms with Crippen molar-refractivity contribution in [1.29, 1.82) is 0 Å². The molecule has 1 aromatic heterocycles. The van der Waals surface area contributed by atoms with Crippen LogP contribution in [-0.4, -0.2) is 87.2 Å². The Morgan fingerprint density at radius 3 is 1.83 bits per heavy atom. The van der Waals surface area contributed by atoms with Gasteiger partial charge in [0.1, 0.15) is 43.5 Å². The molecule has 0 spiro atoms. The van der Waals surface area contributed by atoms with Gasteiger partial charge in [0.25, 0.3) is 14.1 Å². The average molecular weight is 900 g/mol. The molecule has 7 atom stereocenters. The third kappa shape index (κ3) is 8.43. The van der Waals surface area contributed by atoms with Crippen molar-refractivity contribution in [1.82, 2.24) is 14.2 Å². The number of aromatic amines is 1. The lowest BCUT2D eigenvalue weighted by Crippen LogP contribution is -2.58. The van der Waals surface area contributed by atoms with Crippen molar-refractivity contribution in [3.05, 3.63) is 189 Å². The summed E-state index contributed by atoms with van der Waals surface area (Å²) in [5, 5.41) is 2.72. The molecule has 12 nitrogen and oxygen atoms in total. The third-order valence-electron chi connectivity index (χ3n) is 13.1. The molecule has 0 aliphatic carbocycles. The minimum absolute atomic E-state index is 0.00904. The standard InChI is InChI=1S/C50H54N3O9PSi/c1-56-38-26-22-36(23-27-38)50(35-15-8-5-9-16-35,37-24-28-39(57-2)29-25-37)59-33-43-46(47(58-3)48(60-43)52-32-30-45(54)51-49(52)55)62-63-53-31-14-21-42(53)44(61-63)34-64(4,40-17-10-6-11-18-40)41-19-12-7-13-20-41/h5-13,15-20,22-30,32,42-44,46-48H,14,21,31,33-34H2,1-4H3,(H,51,54,55)/t42-,43+,44+,46-,47?,48+,63+/m0/s1. The van der Waals surface area contributed by atoms with E-state index in [1.807, 2.05) is 78.9 Å². The van der Waals surface area contributed by atoms with Gasteiger partial charge in [-0.05, 0) is 59.8 Å². The van der Waals surface area contributed by atoms with E-state index in [2.05, 4.69) is 76.9 Å². The number of nitrogens with zero attached hydrogens (tertiary/aromatic N) is 2. The Hall–Kier alpha value is -5.21. The molecular formula is C50H54N3O9PSi. The molecule has 332 valence electrons. The summed E-state index contributed by atoms with van der Waals surface area (Å²) in [4.78, 5) is 28.1. The van der Waals surface area contributed by atoms with E-state index in [0.717, 1.165) is 42.1 Å². The Morgan fingerprint density at radius 2 is 1.28 bits per heavy atom. The van der Waals surface area contributed by atoms with Gasteiger partial charge in [0.05, 0.1) is 26.9 Å². The molecule has 0 saturated carbocycles. The van der Waals surface area contributed by atoms with Crippen molar-refractivity contribution < 1.29 is 32.7 Å². The minimum Gasteiger partial charge on any atom is -0.497 e. The Morgan fingerprint density at radius 1 is 0.719 bits per heavy atom. The average Bonchev–Trinajstić information content (AvgIpc) is 4.05. The highest BCUT2D eigenvalue weighted by atomic mass is 31.2. The van der Waals surface area contributed by atoms with Crippen LogP contribution in [0.2, 0.25) is 12.6 Å². The molecular weight excluding hydrogens is 846 g/mol. The Kier molecular flexibility index (Phi) is 13.1. The topological polar surface area (TPSA) is 123 Å². The number of H-pyrrole nitrogens is 1. The molecule has 9 rings (SSSR count). The predicted molar refractivity (Wildman–Crippen MR) is 249 cm³/mol. The van der Waals surface area contributed by atoms with E-state index in [0.29, 0.717) is 11.5 Å². The van der Waals surface area contributed by atoms with E-state index in [4.69, 9.17) is 32.7 Å². The minimum atomic E-state index is -2.29. The highest BCUT2D eigenvalue weighted by molar-refractivity contribution is 7.45. The molecule has 0 amide bonds. The summed E-state index contributed by atoms with van der Waals surface area (Å²) in [7, 11) is 0.975. The van der Waals surface area contributed by atoms with Gasteiger partial charge in [0, 0.05) is 32.0 Å². The van der Waals surface area contributed by atoms with Gasteiger partial charge in [0.2, 0.25) is 0 Å². The van der Waals surface area contributed by atoms with Crippen LogP contribution in [0.4, 0.5) is 0 Å². The Balaban J connectivity index is 1.09. The summed E-state index contributed by atoms with van der Waals surface area (Å²) in [5.41, 5.74) is 0.298. The number of rotatable bonds is 16. The first kappa shape index (κ1) is 44.0. The lowest BCUT2D eigenvalue weighted by Gasteiger charge is -2.37. The summed E-state index contributed by atoms with van der Waals surface area (Å²) in [5.74, 6) is 1.41. The van der Waals surface area contributed by atoms with Crippen molar-refractivity contribution >= 4 is 27.0 Å². The second-order valence-electron chi connectivity index (χ2n) is 16.7. The smallest absolute Gasteiger partial charge is 0.330 e. The van der Waals surface area contributed by atoms with Gasteiger partial charge in [0.15, 0.2) is 6.23 Å². The van der Waals surface area contributed by atoms with Gasteiger partial charge in [-0.1, -0.05) is 132 Å². The quantitative estimate of drug-likeness (QED) is 0.0628. The lowest BCUT2D eigenvalue weighted by atomic mass is 9.80. The third-order valence-corrected chi connectivity index (χ3v) is 19.3. The first-order valence-corrected chi connectivity index (χ1v) is 25.6. The molecule has 14 heteroatoms. The first-order chi connectivity index (χ1) is 31.2. The van der Waals surface area contributed by atoms with E-state index < -0.39 is 58.0 Å². The van der Waals surface area contributed by atoms with E-state index in [-0.39, 0.29) is 18.8 Å². The van der Waals surface area contributed by atoms with E-state index in [9.17, 15) is 9.59 Å². The lowest BCUT2D eigenvalue weighted by molar-refractivity contribution is -0.0955.